The van der Waals surface area contributed by atoms with Crippen molar-refractivity contribution in [2.24, 2.45) is 5.41 Å². The van der Waals surface area contributed by atoms with E-state index in [2.05, 4.69) is 55.8 Å². The number of aliphatic hydroxyl groups is 1. The van der Waals surface area contributed by atoms with Crippen molar-refractivity contribution >= 4 is 28.4 Å². The van der Waals surface area contributed by atoms with E-state index < -0.39 is 12.0 Å². The van der Waals surface area contributed by atoms with Crippen molar-refractivity contribution in [1.29, 1.82) is 0 Å². The van der Waals surface area contributed by atoms with Crippen molar-refractivity contribution in [2.45, 2.75) is 51.2 Å². The fourth-order valence-corrected chi connectivity index (χ4v) is 6.26. The Kier molecular flexibility index (Phi) is 7.97. The molecule has 2 aliphatic heterocycles. The number of hydrogen-bond acceptors (Lipinski definition) is 8. The van der Waals surface area contributed by atoms with Gasteiger partial charge in [-0.05, 0) is 94.6 Å². The van der Waals surface area contributed by atoms with Crippen LogP contribution in [0, 0.1) is 5.41 Å². The number of halogens is 2. The molecule has 1 spiro atoms. The van der Waals surface area contributed by atoms with Gasteiger partial charge in [-0.15, -0.1) is 6.58 Å². The number of rotatable bonds is 8. The van der Waals surface area contributed by atoms with Gasteiger partial charge in [-0.1, -0.05) is 12.1 Å². The summed E-state index contributed by atoms with van der Waals surface area (Å²) < 4.78 is 29.9. The van der Waals surface area contributed by atoms with Gasteiger partial charge in [-0.2, -0.15) is 4.98 Å². The Morgan fingerprint density at radius 1 is 1.07 bits per heavy atom. The number of anilines is 3. The number of allylic oxidation sites excluding steroid dienone is 1. The molecule has 232 valence electrons. The molecule has 5 heterocycles. The average molecular weight is 605 g/mol. The number of fused-ring (bicyclic) bond motifs is 1. The Labute approximate surface area is 254 Å². The van der Waals surface area contributed by atoms with Crippen LogP contribution in [0.2, 0.25) is 0 Å². The van der Waals surface area contributed by atoms with Gasteiger partial charge in [0.1, 0.15) is 5.39 Å². The molecule has 0 amide bonds. The molecule has 1 atom stereocenters. The van der Waals surface area contributed by atoms with Crippen LogP contribution < -0.4 is 15.8 Å². The topological polar surface area (TPSA) is 104 Å². The lowest BCUT2D eigenvalue weighted by molar-refractivity contribution is -0.0910. The smallest absolute Gasteiger partial charge is 0.278 e. The maximum Gasteiger partial charge on any atom is 0.278 e. The van der Waals surface area contributed by atoms with Gasteiger partial charge in [0.25, 0.3) is 12.0 Å². The van der Waals surface area contributed by atoms with E-state index in [1.165, 1.54) is 72.2 Å². The van der Waals surface area contributed by atoms with Gasteiger partial charge < -0.3 is 20.2 Å². The second kappa shape index (κ2) is 11.7. The average Bonchev–Trinajstić information content (AvgIpc) is 3.30. The highest BCUT2D eigenvalue weighted by atomic mass is 19.3. The molecule has 3 aromatic heterocycles. The number of pyridine rings is 1. The van der Waals surface area contributed by atoms with Gasteiger partial charge in [-0.3, -0.25) is 4.79 Å². The number of benzene rings is 1. The van der Waals surface area contributed by atoms with E-state index in [4.69, 9.17) is 0 Å². The molecule has 2 aliphatic rings. The second-order valence-electron chi connectivity index (χ2n) is 12.2. The summed E-state index contributed by atoms with van der Waals surface area (Å²) in [5, 5.41) is 13.8. The fraction of sp³-hybridized carbons (Fsp3) is 0.438. The zero-order valence-electron chi connectivity index (χ0n) is 25.1. The summed E-state index contributed by atoms with van der Waals surface area (Å²) >= 11 is 0. The van der Waals surface area contributed by atoms with Crippen LogP contribution in [0.4, 0.5) is 26.1 Å². The summed E-state index contributed by atoms with van der Waals surface area (Å²) in [4.78, 5) is 31.4. The lowest BCUT2D eigenvalue weighted by atomic mass is 9.71. The summed E-state index contributed by atoms with van der Waals surface area (Å²) in [6, 6.07) is 12.5. The van der Waals surface area contributed by atoms with E-state index >= 15 is 0 Å². The summed E-state index contributed by atoms with van der Waals surface area (Å²) in [7, 11) is 2.21. The van der Waals surface area contributed by atoms with E-state index in [1.807, 2.05) is 12.1 Å². The third-order valence-electron chi connectivity index (χ3n) is 9.23. The van der Waals surface area contributed by atoms with Crippen molar-refractivity contribution in [3.8, 4) is 5.82 Å². The van der Waals surface area contributed by atoms with Crippen LogP contribution >= 0.6 is 0 Å². The summed E-state index contributed by atoms with van der Waals surface area (Å²) in [5.41, 5.74) is -0.398. The van der Waals surface area contributed by atoms with Crippen molar-refractivity contribution in [3.05, 3.63) is 77.4 Å². The van der Waals surface area contributed by atoms with Crippen LogP contribution in [0.1, 0.15) is 38.3 Å². The number of nitrogens with zero attached hydrogens (tertiary/aromatic N) is 7. The van der Waals surface area contributed by atoms with Crippen molar-refractivity contribution in [2.75, 3.05) is 43.4 Å². The summed E-state index contributed by atoms with van der Waals surface area (Å²) in [6.07, 6.45) is 4.93. The van der Waals surface area contributed by atoms with Gasteiger partial charge in [0.2, 0.25) is 5.95 Å². The first-order valence-corrected chi connectivity index (χ1v) is 15.0. The van der Waals surface area contributed by atoms with Crippen LogP contribution in [0.5, 0.6) is 0 Å². The molecule has 2 saturated heterocycles. The highest BCUT2D eigenvalue weighted by Gasteiger charge is 2.37. The van der Waals surface area contributed by atoms with E-state index in [0.717, 1.165) is 25.7 Å². The molecule has 0 saturated carbocycles. The van der Waals surface area contributed by atoms with Crippen LogP contribution in [0.3, 0.4) is 0 Å². The van der Waals surface area contributed by atoms with E-state index in [1.54, 1.807) is 12.1 Å². The minimum absolute atomic E-state index is 0.116. The number of alkyl halides is 2. The largest absolute Gasteiger partial charge is 0.378 e. The Morgan fingerprint density at radius 2 is 1.75 bits per heavy atom. The zero-order valence-corrected chi connectivity index (χ0v) is 25.1. The minimum atomic E-state index is -3.06. The monoisotopic (exact) mass is 604 g/mol. The molecule has 2 N–H and O–H groups in total. The first kappa shape index (κ1) is 29.9. The third kappa shape index (κ3) is 5.59. The number of piperidine rings is 2. The zero-order chi connectivity index (χ0) is 31.1. The van der Waals surface area contributed by atoms with Crippen LogP contribution in [-0.4, -0.2) is 74.0 Å². The van der Waals surface area contributed by atoms with Crippen molar-refractivity contribution < 1.29 is 13.9 Å². The summed E-state index contributed by atoms with van der Waals surface area (Å²) in [5.74, 6) is 0.405. The van der Waals surface area contributed by atoms with Crippen LogP contribution in [0.15, 0.2) is 66.1 Å². The Morgan fingerprint density at radius 3 is 2.41 bits per heavy atom. The summed E-state index contributed by atoms with van der Waals surface area (Å²) in [6.45, 7) is 9.33. The second-order valence-corrected chi connectivity index (χ2v) is 12.2. The molecule has 2 fully saturated rings. The number of likely N-dealkylation sites (tertiary alicyclic amines) is 1. The van der Waals surface area contributed by atoms with Gasteiger partial charge >= 0.3 is 0 Å². The molecule has 0 radical (unpaired) electrons. The van der Waals surface area contributed by atoms with E-state index in [0.29, 0.717) is 5.41 Å². The van der Waals surface area contributed by atoms with Gasteiger partial charge in [0, 0.05) is 30.7 Å². The van der Waals surface area contributed by atoms with Crippen molar-refractivity contribution in [3.63, 3.8) is 0 Å². The predicted octanol–water partition coefficient (Wildman–Crippen LogP) is 4.69. The molecule has 1 unspecified atom stereocenters. The predicted molar refractivity (Wildman–Crippen MR) is 167 cm³/mol. The van der Waals surface area contributed by atoms with Crippen LogP contribution in [-0.2, 0) is 12.1 Å². The Balaban J connectivity index is 1.25. The molecule has 4 aromatic rings. The fourth-order valence-electron chi connectivity index (χ4n) is 6.26. The molecule has 0 aliphatic carbocycles. The molecule has 0 bridgehead atoms. The Hall–Kier alpha value is -4.16. The molecule has 12 heteroatoms. The standard InChI is InChI=1S/C32H38F2N8O2/c1-4-16-41-28(43)24-21-35-30(38-27(24)42(41)26-7-5-6-25(37-26)31(2,44)29(33)34)36-22-8-10-23(11-9-22)40-19-14-32(15-20-40)12-17-39(3)18-13-32/h4-11,21,29,44H,1,12-20H2,2-3H3,(H,35,36,38). The molecular weight excluding hydrogens is 566 g/mol. The maximum atomic E-state index is 13.6. The molecule has 44 heavy (non-hydrogen) atoms. The van der Waals surface area contributed by atoms with Crippen molar-refractivity contribution in [1.82, 2.24) is 29.2 Å². The highest BCUT2D eigenvalue weighted by Crippen LogP contribution is 2.42. The van der Waals surface area contributed by atoms with Gasteiger partial charge in [-0.25, -0.2) is 28.1 Å². The third-order valence-corrected chi connectivity index (χ3v) is 9.23. The minimum Gasteiger partial charge on any atom is -0.378 e. The van der Waals surface area contributed by atoms with E-state index in [-0.39, 0.29) is 40.6 Å². The SMILES string of the molecule is C=CCn1c(=O)c2cnc(Nc3ccc(N4CCC5(CCN(C)CC5)CC4)cc3)nc2n1-c1cccc(C(C)(O)C(F)F)n1. The Bertz CT molecular complexity index is 1700. The normalized spacial score (nSPS) is 18.5. The quantitative estimate of drug-likeness (QED) is 0.279. The first-order valence-electron chi connectivity index (χ1n) is 15.0. The lowest BCUT2D eigenvalue weighted by Crippen LogP contribution is -2.46. The van der Waals surface area contributed by atoms with Gasteiger partial charge in [0.05, 0.1) is 12.2 Å². The lowest BCUT2D eigenvalue weighted by Gasteiger charge is -2.46. The molecule has 10 nitrogen and oxygen atoms in total. The molecular formula is C32H38F2N8O2. The van der Waals surface area contributed by atoms with E-state index in [9.17, 15) is 18.7 Å². The number of aromatic nitrogens is 5. The molecule has 6 rings (SSSR count). The first-order chi connectivity index (χ1) is 21.1. The van der Waals surface area contributed by atoms with Crippen LogP contribution in [0.25, 0.3) is 16.9 Å². The number of hydrogen-bond donors (Lipinski definition) is 2. The highest BCUT2D eigenvalue weighted by molar-refractivity contribution is 5.77. The molecule has 1 aromatic carbocycles. The maximum absolute atomic E-state index is 13.6. The number of nitrogens with one attached hydrogen (secondary N) is 1. The van der Waals surface area contributed by atoms with Gasteiger partial charge in [0.15, 0.2) is 17.1 Å².